The van der Waals surface area contributed by atoms with Gasteiger partial charge in [-0.25, -0.2) is 14.2 Å². The lowest BCUT2D eigenvalue weighted by molar-refractivity contribution is -0.181. The van der Waals surface area contributed by atoms with Crippen molar-refractivity contribution in [2.45, 2.75) is 12.5 Å². The van der Waals surface area contributed by atoms with Gasteiger partial charge in [-0.3, -0.25) is 19.5 Å². The highest BCUT2D eigenvalue weighted by atomic mass is 19.1. The largest absolute Gasteiger partial charge is 0.443 e. The van der Waals surface area contributed by atoms with Gasteiger partial charge >= 0.3 is 6.09 Å². The molecule has 9 nitrogen and oxygen atoms in total. The highest BCUT2D eigenvalue weighted by molar-refractivity contribution is 5.90. The van der Waals surface area contributed by atoms with Crippen LogP contribution in [0.4, 0.5) is 20.6 Å². The van der Waals surface area contributed by atoms with Crippen molar-refractivity contribution < 1.29 is 23.6 Å². The Balaban J connectivity index is 1.40. The minimum atomic E-state index is -0.533. The van der Waals surface area contributed by atoms with Crippen LogP contribution >= 0.6 is 0 Å². The first-order valence-corrected chi connectivity index (χ1v) is 10.1. The number of carbonyl (C=O) groups is 2. The highest BCUT2D eigenvalue weighted by Crippen LogP contribution is 2.28. The third kappa shape index (κ3) is 4.75. The van der Waals surface area contributed by atoms with Crippen LogP contribution in [0.25, 0.3) is 0 Å². The molecule has 3 heterocycles. The van der Waals surface area contributed by atoms with Gasteiger partial charge in [-0.15, -0.1) is 0 Å². The third-order valence-corrected chi connectivity index (χ3v) is 5.28. The number of halogens is 1. The van der Waals surface area contributed by atoms with Gasteiger partial charge in [-0.1, -0.05) is 0 Å². The summed E-state index contributed by atoms with van der Waals surface area (Å²) in [6.45, 7) is 1.91. The SMILES string of the molecule is NC[C@H]1CN(c2ccc(N3CCON(C(=O)Cc4ccncc4)CC3)c(F)c2)C(=O)O1. The maximum atomic E-state index is 14.9. The summed E-state index contributed by atoms with van der Waals surface area (Å²) in [5.41, 5.74) is 7.21. The second kappa shape index (κ2) is 9.27. The van der Waals surface area contributed by atoms with Crippen molar-refractivity contribution in [3.63, 3.8) is 0 Å². The van der Waals surface area contributed by atoms with E-state index in [4.69, 9.17) is 15.3 Å². The Morgan fingerprint density at radius 1 is 1.19 bits per heavy atom. The quantitative estimate of drug-likeness (QED) is 0.765. The Bertz CT molecular complexity index is 945. The molecular weight excluding hydrogens is 405 g/mol. The van der Waals surface area contributed by atoms with Gasteiger partial charge in [-0.2, -0.15) is 0 Å². The second-order valence-corrected chi connectivity index (χ2v) is 7.34. The van der Waals surface area contributed by atoms with Gasteiger partial charge in [-0.05, 0) is 35.9 Å². The normalized spacial score (nSPS) is 19.4. The number of anilines is 2. The Morgan fingerprint density at radius 2 is 2.00 bits per heavy atom. The number of pyridine rings is 1. The maximum Gasteiger partial charge on any atom is 0.414 e. The zero-order valence-electron chi connectivity index (χ0n) is 16.9. The number of nitrogens with zero attached hydrogens (tertiary/aromatic N) is 4. The van der Waals surface area contributed by atoms with Crippen LogP contribution in [0.3, 0.4) is 0 Å². The summed E-state index contributed by atoms with van der Waals surface area (Å²) >= 11 is 0. The molecule has 31 heavy (non-hydrogen) atoms. The number of rotatable bonds is 5. The van der Waals surface area contributed by atoms with Crippen molar-refractivity contribution >= 4 is 23.4 Å². The number of hydrogen-bond acceptors (Lipinski definition) is 7. The second-order valence-electron chi connectivity index (χ2n) is 7.34. The van der Waals surface area contributed by atoms with Crippen molar-refractivity contribution in [3.05, 3.63) is 54.1 Å². The lowest BCUT2D eigenvalue weighted by atomic mass is 10.2. The molecular formula is C21H24FN5O4. The van der Waals surface area contributed by atoms with Gasteiger partial charge in [0.15, 0.2) is 0 Å². The molecule has 4 rings (SSSR count). The molecule has 2 saturated heterocycles. The molecule has 1 atom stereocenters. The number of benzene rings is 1. The monoisotopic (exact) mass is 429 g/mol. The number of hydroxylamine groups is 2. The van der Waals surface area contributed by atoms with Gasteiger partial charge in [0.05, 0.1) is 37.5 Å². The Morgan fingerprint density at radius 3 is 2.71 bits per heavy atom. The molecule has 2 amide bonds. The molecule has 2 N–H and O–H groups in total. The van der Waals surface area contributed by atoms with Gasteiger partial charge in [0, 0.05) is 32.0 Å². The lowest BCUT2D eigenvalue weighted by Crippen LogP contribution is -2.35. The third-order valence-electron chi connectivity index (χ3n) is 5.28. The molecule has 0 spiro atoms. The van der Waals surface area contributed by atoms with Crippen molar-refractivity contribution in [1.82, 2.24) is 10.0 Å². The summed E-state index contributed by atoms with van der Waals surface area (Å²) in [6.07, 6.45) is 2.56. The summed E-state index contributed by atoms with van der Waals surface area (Å²) in [5, 5.41) is 1.33. The molecule has 0 bridgehead atoms. The number of amides is 2. The van der Waals surface area contributed by atoms with E-state index in [2.05, 4.69) is 4.98 Å². The summed E-state index contributed by atoms with van der Waals surface area (Å²) in [5.74, 6) is -0.621. The summed E-state index contributed by atoms with van der Waals surface area (Å²) in [7, 11) is 0. The van der Waals surface area contributed by atoms with E-state index in [9.17, 15) is 14.0 Å². The molecule has 0 unspecified atom stereocenters. The molecule has 2 aliphatic rings. The average molecular weight is 429 g/mol. The fourth-order valence-electron chi connectivity index (χ4n) is 3.63. The zero-order valence-corrected chi connectivity index (χ0v) is 16.9. The van der Waals surface area contributed by atoms with E-state index >= 15 is 0 Å². The number of carbonyl (C=O) groups excluding carboxylic acids is 2. The summed E-state index contributed by atoms with van der Waals surface area (Å²) in [6, 6.07) is 8.18. The van der Waals surface area contributed by atoms with Crippen molar-refractivity contribution in [2.75, 3.05) is 49.1 Å². The molecule has 164 valence electrons. The molecule has 0 saturated carbocycles. The van der Waals surface area contributed by atoms with Crippen molar-refractivity contribution in [2.24, 2.45) is 5.73 Å². The van der Waals surface area contributed by atoms with E-state index in [1.54, 1.807) is 36.7 Å². The van der Waals surface area contributed by atoms with Gasteiger partial charge in [0.1, 0.15) is 11.9 Å². The van der Waals surface area contributed by atoms with Crippen LogP contribution in [0.5, 0.6) is 0 Å². The van der Waals surface area contributed by atoms with E-state index in [1.165, 1.54) is 16.0 Å². The van der Waals surface area contributed by atoms with Crippen LogP contribution in [-0.4, -0.2) is 67.5 Å². The number of aromatic nitrogens is 1. The van der Waals surface area contributed by atoms with E-state index in [1.807, 2.05) is 4.90 Å². The fourth-order valence-corrected chi connectivity index (χ4v) is 3.63. The number of cyclic esters (lactones) is 1. The molecule has 0 aliphatic carbocycles. The molecule has 2 fully saturated rings. The van der Waals surface area contributed by atoms with Gasteiger partial charge in [0.25, 0.3) is 5.91 Å². The number of hydrogen-bond donors (Lipinski definition) is 1. The molecule has 2 aliphatic heterocycles. The van der Waals surface area contributed by atoms with E-state index < -0.39 is 18.0 Å². The smallest absolute Gasteiger partial charge is 0.414 e. The van der Waals surface area contributed by atoms with Crippen LogP contribution in [0, 0.1) is 5.82 Å². The fraction of sp³-hybridized carbons (Fsp3) is 0.381. The first kappa shape index (κ1) is 21.0. The summed E-state index contributed by atoms with van der Waals surface area (Å²) < 4.78 is 20.0. The standard InChI is InChI=1S/C21H24FN5O4/c22-18-12-16(26-14-17(13-23)31-21(26)29)1-2-19(18)25-7-8-27(30-10-9-25)20(28)11-15-3-5-24-6-4-15/h1-6,12,17H,7-11,13-14,23H2/t17-/m0/s1. The van der Waals surface area contributed by atoms with Crippen molar-refractivity contribution in [3.8, 4) is 0 Å². The molecule has 1 aromatic heterocycles. The van der Waals surface area contributed by atoms with Crippen LogP contribution in [0.15, 0.2) is 42.7 Å². The molecule has 1 aromatic carbocycles. The molecule has 10 heteroatoms. The predicted molar refractivity (Wildman–Crippen MR) is 111 cm³/mol. The topological polar surface area (TPSA) is 101 Å². The zero-order chi connectivity index (χ0) is 21.8. The van der Waals surface area contributed by atoms with E-state index in [-0.39, 0.29) is 25.5 Å². The van der Waals surface area contributed by atoms with Gasteiger partial charge < -0.3 is 15.4 Å². The Kier molecular flexibility index (Phi) is 6.28. The average Bonchev–Trinajstić information content (AvgIpc) is 2.99. The molecule has 2 aromatic rings. The van der Waals surface area contributed by atoms with Crippen LogP contribution < -0.4 is 15.5 Å². The van der Waals surface area contributed by atoms with Crippen molar-refractivity contribution in [1.29, 1.82) is 0 Å². The first-order chi connectivity index (χ1) is 15.0. The first-order valence-electron chi connectivity index (χ1n) is 10.1. The van der Waals surface area contributed by atoms with Crippen LogP contribution in [-0.2, 0) is 20.8 Å². The number of nitrogens with two attached hydrogens (primary N) is 1. The van der Waals surface area contributed by atoms with Crippen LogP contribution in [0.2, 0.25) is 0 Å². The summed E-state index contributed by atoms with van der Waals surface area (Å²) in [4.78, 5) is 37.2. The van der Waals surface area contributed by atoms with Crippen LogP contribution in [0.1, 0.15) is 5.56 Å². The maximum absolute atomic E-state index is 14.9. The minimum Gasteiger partial charge on any atom is -0.443 e. The Labute approximate surface area is 179 Å². The molecule has 0 radical (unpaired) electrons. The van der Waals surface area contributed by atoms with Gasteiger partial charge in [0.2, 0.25) is 0 Å². The minimum absolute atomic E-state index is 0.161. The lowest BCUT2D eigenvalue weighted by Gasteiger charge is -2.24. The highest BCUT2D eigenvalue weighted by Gasteiger charge is 2.32. The van der Waals surface area contributed by atoms with E-state index in [0.717, 1.165) is 5.56 Å². The number of ether oxygens (including phenoxy) is 1. The predicted octanol–water partition coefficient (Wildman–Crippen LogP) is 1.33. The van der Waals surface area contributed by atoms with E-state index in [0.29, 0.717) is 37.6 Å². The Hall–Kier alpha value is -3.24.